The highest BCUT2D eigenvalue weighted by Crippen LogP contribution is 2.28. The molecular formula is C12H14FNO4S. The van der Waals surface area contributed by atoms with Gasteiger partial charge in [-0.25, -0.2) is 17.6 Å². The summed E-state index contributed by atoms with van der Waals surface area (Å²) in [4.78, 5) is 11.4. The molecule has 5 nitrogen and oxygen atoms in total. The van der Waals surface area contributed by atoms with E-state index in [1.54, 1.807) is 0 Å². The summed E-state index contributed by atoms with van der Waals surface area (Å²) < 4.78 is 35.6. The van der Waals surface area contributed by atoms with Crippen molar-refractivity contribution in [2.45, 2.75) is 18.4 Å². The fraction of sp³-hybridized carbons (Fsp3) is 0.417. The monoisotopic (exact) mass is 287 g/mol. The van der Waals surface area contributed by atoms with Gasteiger partial charge in [0.05, 0.1) is 11.5 Å². The van der Waals surface area contributed by atoms with Gasteiger partial charge in [-0.15, -0.1) is 0 Å². The summed E-state index contributed by atoms with van der Waals surface area (Å²) >= 11 is 0. The van der Waals surface area contributed by atoms with Crippen LogP contribution in [0.5, 0.6) is 0 Å². The van der Waals surface area contributed by atoms with Gasteiger partial charge >= 0.3 is 5.97 Å². The maximum Gasteiger partial charge on any atom is 0.329 e. The molecule has 0 amide bonds. The third-order valence-electron chi connectivity index (χ3n) is 3.32. The summed E-state index contributed by atoms with van der Waals surface area (Å²) in [5, 5.41) is 12.2. The van der Waals surface area contributed by atoms with E-state index in [4.69, 9.17) is 0 Å². The predicted molar refractivity (Wildman–Crippen MR) is 68.3 cm³/mol. The molecule has 1 saturated heterocycles. The Kier molecular flexibility index (Phi) is 3.49. The first-order chi connectivity index (χ1) is 8.83. The second-order valence-electron chi connectivity index (χ2n) is 4.67. The van der Waals surface area contributed by atoms with E-state index in [0.717, 1.165) is 0 Å². The van der Waals surface area contributed by atoms with E-state index < -0.39 is 27.2 Å². The largest absolute Gasteiger partial charge is 0.480 e. The summed E-state index contributed by atoms with van der Waals surface area (Å²) in [5.41, 5.74) is -0.841. The minimum Gasteiger partial charge on any atom is -0.480 e. The zero-order chi connectivity index (χ0) is 14.1. The first kappa shape index (κ1) is 13.8. The SMILES string of the molecule is O=C(O)C1(Nc2ccc(F)cc2)CCS(=O)(=O)CC1. The van der Waals surface area contributed by atoms with Crippen LogP contribution in [-0.2, 0) is 14.6 Å². The second-order valence-corrected chi connectivity index (χ2v) is 6.97. The van der Waals surface area contributed by atoms with Gasteiger partial charge in [0.2, 0.25) is 0 Å². The van der Waals surface area contributed by atoms with Gasteiger partial charge in [-0.1, -0.05) is 0 Å². The number of sulfone groups is 1. The molecule has 1 heterocycles. The average molecular weight is 287 g/mol. The number of aliphatic carboxylic acids is 1. The molecule has 7 heteroatoms. The van der Waals surface area contributed by atoms with Crippen molar-refractivity contribution in [1.29, 1.82) is 0 Å². The molecule has 0 atom stereocenters. The quantitative estimate of drug-likeness (QED) is 0.874. The van der Waals surface area contributed by atoms with Crippen LogP contribution in [0.4, 0.5) is 10.1 Å². The summed E-state index contributed by atoms with van der Waals surface area (Å²) in [6, 6.07) is 5.31. The molecule has 19 heavy (non-hydrogen) atoms. The highest BCUT2D eigenvalue weighted by Gasteiger charge is 2.43. The highest BCUT2D eigenvalue weighted by molar-refractivity contribution is 7.91. The van der Waals surface area contributed by atoms with Gasteiger partial charge in [-0.3, -0.25) is 0 Å². The van der Waals surface area contributed by atoms with Crippen LogP contribution in [0.25, 0.3) is 0 Å². The van der Waals surface area contributed by atoms with Gasteiger partial charge < -0.3 is 10.4 Å². The summed E-state index contributed by atoms with van der Waals surface area (Å²) in [7, 11) is -3.15. The molecule has 2 rings (SSSR count). The number of benzene rings is 1. The van der Waals surface area contributed by atoms with Crippen LogP contribution in [0.1, 0.15) is 12.8 Å². The Morgan fingerprint density at radius 3 is 2.21 bits per heavy atom. The van der Waals surface area contributed by atoms with Crippen molar-refractivity contribution in [2.24, 2.45) is 0 Å². The Morgan fingerprint density at radius 1 is 1.21 bits per heavy atom. The summed E-state index contributed by atoms with van der Waals surface area (Å²) in [6.07, 6.45) is 0.00405. The van der Waals surface area contributed by atoms with Crippen LogP contribution in [0.2, 0.25) is 0 Å². The van der Waals surface area contributed by atoms with Gasteiger partial charge in [0.15, 0.2) is 9.84 Å². The average Bonchev–Trinajstić information content (AvgIpc) is 2.35. The minimum absolute atomic E-state index is 0.00203. The number of hydrogen-bond acceptors (Lipinski definition) is 4. The Morgan fingerprint density at radius 2 is 1.74 bits per heavy atom. The van der Waals surface area contributed by atoms with Crippen LogP contribution in [0.3, 0.4) is 0 Å². The van der Waals surface area contributed by atoms with Crippen LogP contribution in [0.15, 0.2) is 24.3 Å². The third kappa shape index (κ3) is 3.04. The molecule has 1 aliphatic heterocycles. The normalized spacial score (nSPS) is 20.7. The van der Waals surface area contributed by atoms with Crippen LogP contribution in [-0.4, -0.2) is 36.5 Å². The van der Waals surface area contributed by atoms with E-state index in [-0.39, 0.29) is 24.3 Å². The zero-order valence-electron chi connectivity index (χ0n) is 10.1. The fourth-order valence-corrected chi connectivity index (χ4v) is 3.61. The van der Waals surface area contributed by atoms with Crippen molar-refractivity contribution in [3.05, 3.63) is 30.1 Å². The molecular weight excluding hydrogens is 273 g/mol. The lowest BCUT2D eigenvalue weighted by molar-refractivity contribution is -0.142. The Labute approximate surface area is 110 Å². The van der Waals surface area contributed by atoms with Crippen LogP contribution < -0.4 is 5.32 Å². The maximum absolute atomic E-state index is 12.8. The smallest absolute Gasteiger partial charge is 0.329 e. The van der Waals surface area contributed by atoms with Crippen molar-refractivity contribution >= 4 is 21.5 Å². The van der Waals surface area contributed by atoms with Gasteiger partial charge in [0, 0.05) is 5.69 Å². The van der Waals surface area contributed by atoms with Crippen LogP contribution in [0, 0.1) is 5.82 Å². The molecule has 0 aliphatic carbocycles. The zero-order valence-corrected chi connectivity index (χ0v) is 10.9. The standard InChI is InChI=1S/C12H14FNO4S/c13-9-1-3-10(4-2-9)14-12(11(15)16)5-7-19(17,18)8-6-12/h1-4,14H,5-8H2,(H,15,16). The first-order valence-corrected chi connectivity index (χ1v) is 7.63. The van der Waals surface area contributed by atoms with E-state index in [2.05, 4.69) is 5.32 Å². The van der Waals surface area contributed by atoms with E-state index in [1.165, 1.54) is 24.3 Å². The summed E-state index contributed by atoms with van der Waals surface area (Å²) in [5.74, 6) is -1.83. The van der Waals surface area contributed by atoms with E-state index >= 15 is 0 Å². The molecule has 104 valence electrons. The van der Waals surface area contributed by atoms with Crippen molar-refractivity contribution in [2.75, 3.05) is 16.8 Å². The molecule has 0 spiro atoms. The van der Waals surface area contributed by atoms with E-state index in [0.29, 0.717) is 5.69 Å². The fourth-order valence-electron chi connectivity index (χ4n) is 2.09. The lowest BCUT2D eigenvalue weighted by Crippen LogP contribution is -2.51. The number of carboxylic acids is 1. The molecule has 0 saturated carbocycles. The van der Waals surface area contributed by atoms with E-state index in [1.807, 2.05) is 0 Å². The van der Waals surface area contributed by atoms with E-state index in [9.17, 15) is 22.7 Å². The second kappa shape index (κ2) is 4.80. The van der Waals surface area contributed by atoms with Crippen molar-refractivity contribution in [3.63, 3.8) is 0 Å². The minimum atomic E-state index is -3.15. The molecule has 0 aromatic heterocycles. The summed E-state index contributed by atoms with van der Waals surface area (Å²) in [6.45, 7) is 0. The van der Waals surface area contributed by atoms with Crippen molar-refractivity contribution < 1.29 is 22.7 Å². The van der Waals surface area contributed by atoms with Gasteiger partial charge in [0.1, 0.15) is 11.4 Å². The number of carbonyl (C=O) groups is 1. The van der Waals surface area contributed by atoms with Gasteiger partial charge in [-0.05, 0) is 37.1 Å². The highest BCUT2D eigenvalue weighted by atomic mass is 32.2. The molecule has 1 aliphatic rings. The molecule has 0 bridgehead atoms. The first-order valence-electron chi connectivity index (χ1n) is 5.81. The van der Waals surface area contributed by atoms with Gasteiger partial charge in [0.25, 0.3) is 0 Å². The number of nitrogens with one attached hydrogen (secondary N) is 1. The Balaban J connectivity index is 2.22. The lowest BCUT2D eigenvalue weighted by Gasteiger charge is -2.34. The number of rotatable bonds is 3. The molecule has 1 aromatic carbocycles. The van der Waals surface area contributed by atoms with Crippen molar-refractivity contribution in [3.8, 4) is 0 Å². The predicted octanol–water partition coefficient (Wildman–Crippen LogP) is 1.27. The Bertz CT molecular complexity index is 568. The molecule has 0 unspecified atom stereocenters. The molecule has 2 N–H and O–H groups in total. The molecule has 0 radical (unpaired) electrons. The third-order valence-corrected chi connectivity index (χ3v) is 4.97. The van der Waals surface area contributed by atoms with Crippen LogP contribution >= 0.6 is 0 Å². The molecule has 1 aromatic rings. The van der Waals surface area contributed by atoms with Crippen molar-refractivity contribution in [1.82, 2.24) is 0 Å². The Hall–Kier alpha value is -1.63. The number of halogens is 1. The number of anilines is 1. The molecule has 1 fully saturated rings. The maximum atomic E-state index is 12.8. The lowest BCUT2D eigenvalue weighted by atomic mass is 9.92. The number of carboxylic acid groups (broad SMARTS) is 1. The topological polar surface area (TPSA) is 83.5 Å². The number of hydrogen-bond donors (Lipinski definition) is 2. The van der Waals surface area contributed by atoms with Gasteiger partial charge in [-0.2, -0.15) is 0 Å².